The topological polar surface area (TPSA) is 52.6 Å². The molecule has 0 saturated carbocycles. The number of carbonyl (C=O) groups excluding carboxylic acids is 1. The minimum atomic E-state index is -0.919. The van der Waals surface area contributed by atoms with E-state index in [1.165, 1.54) is 13.0 Å². The van der Waals surface area contributed by atoms with Crippen LogP contribution in [0, 0.1) is 5.82 Å². The third-order valence-corrected chi connectivity index (χ3v) is 2.81. The minimum absolute atomic E-state index is 0.120. The van der Waals surface area contributed by atoms with Crippen LogP contribution in [-0.4, -0.2) is 31.2 Å². The Morgan fingerprint density at radius 3 is 2.79 bits per heavy atom. The monoisotopic (exact) mass is 268 g/mol. The Labute approximate surface area is 113 Å². The van der Waals surface area contributed by atoms with Gasteiger partial charge in [0.15, 0.2) is 0 Å². The number of benzene rings is 1. The van der Waals surface area contributed by atoms with Gasteiger partial charge in [-0.2, -0.15) is 0 Å². The molecule has 0 aromatic heterocycles. The van der Waals surface area contributed by atoms with E-state index in [0.29, 0.717) is 12.2 Å². The van der Waals surface area contributed by atoms with Gasteiger partial charge in [0.1, 0.15) is 5.82 Å². The lowest BCUT2D eigenvalue weighted by Gasteiger charge is -2.23. The summed E-state index contributed by atoms with van der Waals surface area (Å²) in [4.78, 5) is 13.3. The van der Waals surface area contributed by atoms with Crippen molar-refractivity contribution in [3.05, 3.63) is 29.6 Å². The van der Waals surface area contributed by atoms with E-state index in [2.05, 4.69) is 5.32 Å². The number of carbonyl (C=O) groups is 1. The fourth-order valence-corrected chi connectivity index (χ4v) is 1.89. The number of likely N-dealkylation sites (N-methyl/N-ethyl adjacent to an activating group) is 1. The van der Waals surface area contributed by atoms with Crippen LogP contribution < -0.4 is 10.2 Å². The molecular formula is C14H21FN2O2. The van der Waals surface area contributed by atoms with E-state index in [-0.39, 0.29) is 18.0 Å². The Morgan fingerprint density at radius 1 is 1.53 bits per heavy atom. The summed E-state index contributed by atoms with van der Waals surface area (Å²) in [6.07, 6.45) is -0.0497. The molecule has 0 aliphatic rings. The molecule has 0 unspecified atom stereocenters. The maximum absolute atomic E-state index is 13.7. The normalized spacial score (nSPS) is 12.1. The molecule has 5 heteroatoms. The molecule has 0 radical (unpaired) electrons. The molecule has 0 saturated heterocycles. The third kappa shape index (κ3) is 4.21. The van der Waals surface area contributed by atoms with Crippen molar-refractivity contribution in [3.63, 3.8) is 0 Å². The third-order valence-electron chi connectivity index (χ3n) is 2.81. The number of hydrogen-bond donors (Lipinski definition) is 2. The molecule has 106 valence electrons. The van der Waals surface area contributed by atoms with Crippen LogP contribution in [0.3, 0.4) is 0 Å². The van der Waals surface area contributed by atoms with Gasteiger partial charge < -0.3 is 15.3 Å². The van der Waals surface area contributed by atoms with E-state index in [4.69, 9.17) is 0 Å². The van der Waals surface area contributed by atoms with E-state index in [1.807, 2.05) is 6.92 Å². The second-order valence-electron chi connectivity index (χ2n) is 4.55. The average molecular weight is 268 g/mol. The van der Waals surface area contributed by atoms with E-state index >= 15 is 0 Å². The summed E-state index contributed by atoms with van der Waals surface area (Å²) in [5.41, 5.74) is 0.745. The van der Waals surface area contributed by atoms with Gasteiger partial charge in [-0.25, -0.2) is 4.39 Å². The van der Waals surface area contributed by atoms with Gasteiger partial charge in [-0.05, 0) is 25.5 Å². The molecule has 4 nitrogen and oxygen atoms in total. The number of nitrogens with one attached hydrogen (secondary N) is 1. The summed E-state index contributed by atoms with van der Waals surface area (Å²) < 4.78 is 13.7. The Bertz CT molecular complexity index is 435. The van der Waals surface area contributed by atoms with Crippen molar-refractivity contribution < 1.29 is 14.3 Å². The van der Waals surface area contributed by atoms with Crippen molar-refractivity contribution in [1.29, 1.82) is 0 Å². The lowest BCUT2D eigenvalue weighted by Crippen LogP contribution is -2.36. The van der Waals surface area contributed by atoms with Crippen LogP contribution in [0.25, 0.3) is 0 Å². The van der Waals surface area contributed by atoms with Crippen LogP contribution in [0.15, 0.2) is 18.2 Å². The number of aliphatic hydroxyl groups is 1. The molecule has 1 atom stereocenters. The van der Waals surface area contributed by atoms with Crippen LogP contribution in [0.5, 0.6) is 0 Å². The average Bonchev–Trinajstić information content (AvgIpc) is 2.35. The van der Waals surface area contributed by atoms with Crippen LogP contribution in [-0.2, 0) is 4.79 Å². The van der Waals surface area contributed by atoms with Crippen molar-refractivity contribution in [1.82, 2.24) is 5.32 Å². The number of halogens is 1. The predicted molar refractivity (Wildman–Crippen MR) is 73.6 cm³/mol. The summed E-state index contributed by atoms with van der Waals surface area (Å²) >= 11 is 0. The van der Waals surface area contributed by atoms with Crippen LogP contribution in [0.2, 0.25) is 0 Å². The lowest BCUT2D eigenvalue weighted by atomic mass is 10.1. The standard InChI is InChI=1S/C14H21FN2O2/c1-4-8-16-13(19)9-17(3)12-7-5-6-11(15)14(12)10(2)18/h5-7,10,18H,4,8-9H2,1-3H3,(H,16,19)/t10-/m0/s1. The molecular weight excluding hydrogens is 247 g/mol. The van der Waals surface area contributed by atoms with Gasteiger partial charge in [-0.15, -0.1) is 0 Å². The Balaban J connectivity index is 2.85. The highest BCUT2D eigenvalue weighted by molar-refractivity contribution is 5.81. The summed E-state index contributed by atoms with van der Waals surface area (Å²) in [7, 11) is 1.70. The zero-order chi connectivity index (χ0) is 14.4. The predicted octanol–water partition coefficient (Wildman–Crippen LogP) is 1.84. The van der Waals surface area contributed by atoms with Gasteiger partial charge >= 0.3 is 0 Å². The molecule has 1 aromatic rings. The Hall–Kier alpha value is -1.62. The van der Waals surface area contributed by atoms with E-state index in [9.17, 15) is 14.3 Å². The molecule has 0 spiro atoms. The molecule has 0 bridgehead atoms. The van der Waals surface area contributed by atoms with Gasteiger partial charge in [0.05, 0.1) is 12.6 Å². The maximum Gasteiger partial charge on any atom is 0.239 e. The molecule has 1 amide bonds. The molecule has 0 heterocycles. The van der Waals surface area contributed by atoms with Gasteiger partial charge in [0.2, 0.25) is 5.91 Å². The fourth-order valence-electron chi connectivity index (χ4n) is 1.89. The summed E-state index contributed by atoms with van der Waals surface area (Å²) in [5, 5.41) is 12.4. The lowest BCUT2D eigenvalue weighted by molar-refractivity contribution is -0.119. The van der Waals surface area contributed by atoms with Crippen molar-refractivity contribution in [2.45, 2.75) is 26.4 Å². The highest BCUT2D eigenvalue weighted by Crippen LogP contribution is 2.27. The zero-order valence-corrected chi connectivity index (χ0v) is 11.6. The number of rotatable bonds is 6. The van der Waals surface area contributed by atoms with Crippen molar-refractivity contribution in [2.75, 3.05) is 25.0 Å². The first-order valence-electron chi connectivity index (χ1n) is 6.41. The first-order valence-corrected chi connectivity index (χ1v) is 6.41. The molecule has 1 rings (SSSR count). The van der Waals surface area contributed by atoms with Crippen LogP contribution in [0.1, 0.15) is 31.9 Å². The summed E-state index contributed by atoms with van der Waals surface area (Å²) in [6.45, 7) is 4.23. The number of nitrogens with zero attached hydrogens (tertiary/aromatic N) is 1. The highest BCUT2D eigenvalue weighted by Gasteiger charge is 2.17. The second kappa shape index (κ2) is 7.09. The fraction of sp³-hybridized carbons (Fsp3) is 0.500. The van der Waals surface area contributed by atoms with E-state index in [1.54, 1.807) is 24.1 Å². The van der Waals surface area contributed by atoms with Gasteiger partial charge in [0.25, 0.3) is 0 Å². The van der Waals surface area contributed by atoms with E-state index in [0.717, 1.165) is 6.42 Å². The molecule has 0 fully saturated rings. The zero-order valence-electron chi connectivity index (χ0n) is 11.6. The number of hydrogen-bond acceptors (Lipinski definition) is 3. The van der Waals surface area contributed by atoms with Crippen LogP contribution >= 0.6 is 0 Å². The molecule has 1 aromatic carbocycles. The molecule has 19 heavy (non-hydrogen) atoms. The molecule has 0 aliphatic carbocycles. The van der Waals surface area contributed by atoms with Crippen molar-refractivity contribution in [3.8, 4) is 0 Å². The first-order chi connectivity index (χ1) is 8.97. The molecule has 0 aliphatic heterocycles. The largest absolute Gasteiger partial charge is 0.389 e. The summed E-state index contributed by atoms with van der Waals surface area (Å²) in [5.74, 6) is -0.585. The highest BCUT2D eigenvalue weighted by atomic mass is 19.1. The van der Waals surface area contributed by atoms with Gasteiger partial charge in [-0.1, -0.05) is 13.0 Å². The number of aliphatic hydroxyl groups excluding tert-OH is 1. The molecule has 2 N–H and O–H groups in total. The van der Waals surface area contributed by atoms with Crippen molar-refractivity contribution in [2.24, 2.45) is 0 Å². The maximum atomic E-state index is 13.7. The SMILES string of the molecule is CCCNC(=O)CN(C)c1cccc(F)c1[C@H](C)O. The minimum Gasteiger partial charge on any atom is -0.389 e. The number of amides is 1. The first kappa shape index (κ1) is 15.4. The number of anilines is 1. The van der Waals surface area contributed by atoms with Crippen LogP contribution in [0.4, 0.5) is 10.1 Å². The Morgan fingerprint density at radius 2 is 2.21 bits per heavy atom. The summed E-state index contributed by atoms with van der Waals surface area (Å²) in [6, 6.07) is 4.56. The van der Waals surface area contributed by atoms with Gasteiger partial charge in [-0.3, -0.25) is 4.79 Å². The van der Waals surface area contributed by atoms with E-state index < -0.39 is 11.9 Å². The van der Waals surface area contributed by atoms with Crippen molar-refractivity contribution >= 4 is 11.6 Å². The quantitative estimate of drug-likeness (QED) is 0.827. The van der Waals surface area contributed by atoms with Gasteiger partial charge in [0, 0.05) is 24.8 Å². The smallest absolute Gasteiger partial charge is 0.239 e. The Kier molecular flexibility index (Phi) is 5.76. The second-order valence-corrected chi connectivity index (χ2v) is 4.55.